The highest BCUT2D eigenvalue weighted by Crippen LogP contribution is 2.34. The van der Waals surface area contributed by atoms with Gasteiger partial charge in [0.15, 0.2) is 0 Å². The number of pyridine rings is 1. The first kappa shape index (κ1) is 15.6. The molecule has 1 saturated heterocycles. The summed E-state index contributed by atoms with van der Waals surface area (Å²) >= 11 is 0. The van der Waals surface area contributed by atoms with Gasteiger partial charge in [0.25, 0.3) is 0 Å². The third-order valence-electron chi connectivity index (χ3n) is 5.28. The number of morpholine rings is 1. The zero-order valence-corrected chi connectivity index (χ0v) is 13.9. The van der Waals surface area contributed by atoms with Gasteiger partial charge in [0.2, 0.25) is 5.91 Å². The van der Waals surface area contributed by atoms with Crippen LogP contribution in [0.2, 0.25) is 0 Å². The van der Waals surface area contributed by atoms with Crippen molar-refractivity contribution in [3.05, 3.63) is 36.2 Å². The highest BCUT2D eigenvalue weighted by atomic mass is 16.5. The lowest BCUT2D eigenvalue weighted by Gasteiger charge is -2.39. The van der Waals surface area contributed by atoms with Crippen LogP contribution in [-0.2, 0) is 9.53 Å². The molecule has 5 heteroatoms. The van der Waals surface area contributed by atoms with Crippen LogP contribution in [0.5, 0.6) is 5.75 Å². The molecule has 2 heterocycles. The molecule has 2 fully saturated rings. The molecular formula is C19H24N2O3. The van der Waals surface area contributed by atoms with Crippen LogP contribution < -0.4 is 4.74 Å². The van der Waals surface area contributed by atoms with Crippen LogP contribution in [0.3, 0.4) is 0 Å². The molecule has 0 N–H and O–H groups in total. The number of allylic oxidation sites excluding steroid dienone is 1. The summed E-state index contributed by atoms with van der Waals surface area (Å²) < 4.78 is 12.1. The van der Waals surface area contributed by atoms with Crippen molar-refractivity contribution in [2.24, 2.45) is 0 Å². The van der Waals surface area contributed by atoms with Crippen LogP contribution >= 0.6 is 0 Å². The molecule has 0 unspecified atom stereocenters. The van der Waals surface area contributed by atoms with Gasteiger partial charge in [0.05, 0.1) is 18.8 Å². The zero-order chi connectivity index (χ0) is 16.4. The van der Waals surface area contributed by atoms with Crippen molar-refractivity contribution in [3.63, 3.8) is 0 Å². The monoisotopic (exact) mass is 328 g/mol. The van der Waals surface area contributed by atoms with Gasteiger partial charge < -0.3 is 14.4 Å². The molecule has 3 atom stereocenters. The van der Waals surface area contributed by atoms with Crippen molar-refractivity contribution >= 4 is 5.91 Å². The molecule has 1 amide bonds. The number of rotatable bonds is 3. The fraction of sp³-hybridized carbons (Fsp3) is 0.579. The molecule has 1 aromatic rings. The molecule has 2 aliphatic carbocycles. The van der Waals surface area contributed by atoms with E-state index in [0.29, 0.717) is 13.2 Å². The summed E-state index contributed by atoms with van der Waals surface area (Å²) in [7, 11) is 0. The second-order valence-electron chi connectivity index (χ2n) is 6.80. The molecule has 0 spiro atoms. The second kappa shape index (κ2) is 6.93. The van der Waals surface area contributed by atoms with E-state index in [4.69, 9.17) is 9.47 Å². The van der Waals surface area contributed by atoms with Gasteiger partial charge in [-0.15, -0.1) is 0 Å². The zero-order valence-electron chi connectivity index (χ0n) is 13.9. The van der Waals surface area contributed by atoms with E-state index in [9.17, 15) is 4.79 Å². The molecule has 24 heavy (non-hydrogen) atoms. The molecule has 0 aromatic carbocycles. The van der Waals surface area contributed by atoms with Crippen molar-refractivity contribution in [1.29, 1.82) is 0 Å². The third kappa shape index (κ3) is 3.05. The Hall–Kier alpha value is -1.88. The van der Waals surface area contributed by atoms with E-state index >= 15 is 0 Å². The lowest BCUT2D eigenvalue weighted by atomic mass is 9.97. The Morgan fingerprint density at radius 1 is 1.33 bits per heavy atom. The lowest BCUT2D eigenvalue weighted by molar-refractivity contribution is -0.143. The molecule has 4 rings (SSSR count). The summed E-state index contributed by atoms with van der Waals surface area (Å²) in [6, 6.07) is 3.92. The quantitative estimate of drug-likeness (QED) is 0.856. The topological polar surface area (TPSA) is 51.7 Å². The molecule has 1 aliphatic heterocycles. The maximum absolute atomic E-state index is 12.9. The SMILES string of the molecule is O=C(C1=CCCCC1)N1CCO[C@@H]2[C@@H](Oc3cccnc3)CC[C@H]21. The van der Waals surface area contributed by atoms with Gasteiger partial charge in [0, 0.05) is 18.3 Å². The van der Waals surface area contributed by atoms with Crippen molar-refractivity contribution in [2.45, 2.75) is 56.8 Å². The van der Waals surface area contributed by atoms with Crippen molar-refractivity contribution in [1.82, 2.24) is 9.88 Å². The number of hydrogen-bond acceptors (Lipinski definition) is 4. The smallest absolute Gasteiger partial charge is 0.249 e. The van der Waals surface area contributed by atoms with Gasteiger partial charge in [-0.1, -0.05) is 6.08 Å². The number of carbonyl (C=O) groups is 1. The van der Waals surface area contributed by atoms with E-state index in [1.54, 1.807) is 12.4 Å². The van der Waals surface area contributed by atoms with Gasteiger partial charge in [-0.05, 0) is 50.7 Å². The largest absolute Gasteiger partial charge is 0.486 e. The number of nitrogens with zero attached hydrogens (tertiary/aromatic N) is 2. The Morgan fingerprint density at radius 2 is 2.29 bits per heavy atom. The van der Waals surface area contributed by atoms with Crippen LogP contribution in [0.1, 0.15) is 38.5 Å². The van der Waals surface area contributed by atoms with Crippen LogP contribution in [-0.4, -0.2) is 47.2 Å². The van der Waals surface area contributed by atoms with E-state index in [-0.39, 0.29) is 24.2 Å². The minimum Gasteiger partial charge on any atom is -0.486 e. The molecular weight excluding hydrogens is 304 g/mol. The number of ether oxygens (including phenoxy) is 2. The first-order chi connectivity index (χ1) is 11.8. The van der Waals surface area contributed by atoms with Gasteiger partial charge in [-0.2, -0.15) is 0 Å². The number of aromatic nitrogens is 1. The predicted octanol–water partition coefficient (Wildman–Crippen LogP) is 2.72. The van der Waals surface area contributed by atoms with Crippen molar-refractivity contribution < 1.29 is 14.3 Å². The molecule has 1 saturated carbocycles. The molecule has 3 aliphatic rings. The van der Waals surface area contributed by atoms with Crippen molar-refractivity contribution in [2.75, 3.05) is 13.2 Å². The second-order valence-corrected chi connectivity index (χ2v) is 6.80. The van der Waals surface area contributed by atoms with Crippen LogP contribution in [0.25, 0.3) is 0 Å². The first-order valence-electron chi connectivity index (χ1n) is 9.01. The Labute approximate surface area is 142 Å². The average Bonchev–Trinajstić information content (AvgIpc) is 3.06. The number of amides is 1. The van der Waals surface area contributed by atoms with E-state index < -0.39 is 0 Å². The average molecular weight is 328 g/mol. The highest BCUT2D eigenvalue weighted by molar-refractivity contribution is 5.93. The van der Waals surface area contributed by atoms with Crippen LogP contribution in [0.4, 0.5) is 0 Å². The number of hydrogen-bond donors (Lipinski definition) is 0. The maximum Gasteiger partial charge on any atom is 0.249 e. The Bertz CT molecular complexity index is 616. The van der Waals surface area contributed by atoms with Gasteiger partial charge in [-0.3, -0.25) is 9.78 Å². The number of fused-ring (bicyclic) bond motifs is 1. The van der Waals surface area contributed by atoms with Gasteiger partial charge >= 0.3 is 0 Å². The summed E-state index contributed by atoms with van der Waals surface area (Å²) in [6.07, 6.45) is 11.7. The van der Waals surface area contributed by atoms with E-state index in [2.05, 4.69) is 11.1 Å². The van der Waals surface area contributed by atoms with Crippen molar-refractivity contribution in [3.8, 4) is 5.75 Å². The van der Waals surface area contributed by atoms with E-state index in [1.165, 1.54) is 6.42 Å². The lowest BCUT2D eigenvalue weighted by Crippen LogP contribution is -2.54. The molecule has 0 radical (unpaired) electrons. The molecule has 0 bridgehead atoms. The standard InChI is InChI=1S/C19H24N2O3/c22-19(14-5-2-1-3-6-14)21-11-12-23-18-16(21)8-9-17(18)24-15-7-4-10-20-13-15/h4-5,7,10,13,16-18H,1-3,6,8-9,11-12H2/t16-,17+,18+/m1/s1. The summed E-state index contributed by atoms with van der Waals surface area (Å²) in [5.74, 6) is 0.986. The Morgan fingerprint density at radius 3 is 3.08 bits per heavy atom. The Balaban J connectivity index is 1.46. The van der Waals surface area contributed by atoms with Crippen LogP contribution in [0, 0.1) is 0 Å². The Kier molecular flexibility index (Phi) is 4.52. The first-order valence-corrected chi connectivity index (χ1v) is 9.01. The van der Waals surface area contributed by atoms with Gasteiger partial charge in [0.1, 0.15) is 18.0 Å². The molecule has 5 nitrogen and oxygen atoms in total. The molecule has 128 valence electrons. The summed E-state index contributed by atoms with van der Waals surface area (Å²) in [6.45, 7) is 1.28. The normalized spacial score (nSPS) is 29.8. The van der Waals surface area contributed by atoms with E-state index in [0.717, 1.165) is 43.4 Å². The fourth-order valence-electron chi connectivity index (χ4n) is 4.10. The summed E-state index contributed by atoms with van der Waals surface area (Å²) in [5, 5.41) is 0. The van der Waals surface area contributed by atoms with Crippen LogP contribution in [0.15, 0.2) is 36.2 Å². The maximum atomic E-state index is 12.9. The molecule has 1 aromatic heterocycles. The summed E-state index contributed by atoms with van der Waals surface area (Å²) in [5.41, 5.74) is 0.999. The van der Waals surface area contributed by atoms with Gasteiger partial charge in [-0.25, -0.2) is 0 Å². The van der Waals surface area contributed by atoms with E-state index in [1.807, 2.05) is 17.0 Å². The fourth-order valence-corrected chi connectivity index (χ4v) is 4.10. The summed E-state index contributed by atoms with van der Waals surface area (Å²) in [4.78, 5) is 19.0. The number of carbonyl (C=O) groups excluding carboxylic acids is 1. The third-order valence-corrected chi connectivity index (χ3v) is 5.28. The minimum absolute atomic E-state index is 0.00450. The highest BCUT2D eigenvalue weighted by Gasteiger charge is 2.46. The predicted molar refractivity (Wildman–Crippen MR) is 89.7 cm³/mol. The minimum atomic E-state index is -0.0351.